The van der Waals surface area contributed by atoms with Crippen molar-refractivity contribution < 1.29 is 19.4 Å². The van der Waals surface area contributed by atoms with E-state index in [2.05, 4.69) is 9.73 Å². The second-order valence-electron chi connectivity index (χ2n) is 2.88. The first kappa shape index (κ1) is 9.20. The normalized spacial score (nSPS) is 13.3. The molecule has 0 aromatic heterocycles. The molecule has 0 saturated heterocycles. The molecule has 0 atom stereocenters. The van der Waals surface area contributed by atoms with Crippen molar-refractivity contribution in [3.05, 3.63) is 29.3 Å². The zero-order valence-corrected chi connectivity index (χ0v) is 7.43. The van der Waals surface area contributed by atoms with Gasteiger partial charge in [-0.15, -0.1) is 0 Å². The van der Waals surface area contributed by atoms with Crippen LogP contribution in [0.15, 0.2) is 23.2 Å². The summed E-state index contributed by atoms with van der Waals surface area (Å²) in [5.41, 5.74) is 6.22. The van der Waals surface area contributed by atoms with Gasteiger partial charge in [-0.1, -0.05) is 0 Å². The highest BCUT2D eigenvalue weighted by Crippen LogP contribution is 2.22. The summed E-state index contributed by atoms with van der Waals surface area (Å²) in [5.74, 6) is -0.246. The van der Waals surface area contributed by atoms with Gasteiger partial charge in [-0.05, 0) is 18.2 Å². The summed E-state index contributed by atoms with van der Waals surface area (Å²) in [6.45, 7) is 0. The third-order valence-electron chi connectivity index (χ3n) is 1.92. The van der Waals surface area contributed by atoms with E-state index in [-0.39, 0.29) is 11.6 Å². The molecule has 1 aromatic carbocycles. The minimum atomic E-state index is -1.42. The lowest BCUT2D eigenvalue weighted by Crippen LogP contribution is -2.11. The van der Waals surface area contributed by atoms with E-state index in [9.17, 15) is 9.59 Å². The molecule has 15 heavy (non-hydrogen) atoms. The number of amides is 1. The summed E-state index contributed by atoms with van der Waals surface area (Å²) >= 11 is 0. The van der Waals surface area contributed by atoms with Crippen LogP contribution in [0.3, 0.4) is 0 Å². The molecule has 0 spiro atoms. The van der Waals surface area contributed by atoms with Gasteiger partial charge in [0.1, 0.15) is 11.6 Å². The number of benzene rings is 1. The Kier molecular flexibility index (Phi) is 1.89. The zero-order chi connectivity index (χ0) is 11.0. The number of nitrogens with zero attached hydrogens (tertiary/aromatic N) is 1. The first-order chi connectivity index (χ1) is 7.08. The number of hydrogen-bond donors (Lipinski definition) is 2. The molecule has 1 aromatic rings. The van der Waals surface area contributed by atoms with Crippen LogP contribution in [0.1, 0.15) is 15.9 Å². The Labute approximate surface area is 84.0 Å². The second-order valence-corrected chi connectivity index (χ2v) is 2.88. The number of carbonyl (C=O) groups excluding carboxylic acids is 1. The van der Waals surface area contributed by atoms with Gasteiger partial charge in [0, 0.05) is 5.56 Å². The smallest absolute Gasteiger partial charge is 0.449 e. The fraction of sp³-hybridized carbons (Fsp3) is 0. The van der Waals surface area contributed by atoms with E-state index >= 15 is 0 Å². The fourth-order valence-electron chi connectivity index (χ4n) is 1.32. The predicted octanol–water partition coefficient (Wildman–Crippen LogP) is 0.603. The van der Waals surface area contributed by atoms with E-state index in [1.165, 1.54) is 18.2 Å². The van der Waals surface area contributed by atoms with Crippen molar-refractivity contribution in [3.8, 4) is 5.75 Å². The van der Waals surface area contributed by atoms with Gasteiger partial charge in [-0.2, -0.15) is 4.99 Å². The highest BCUT2D eigenvalue weighted by Gasteiger charge is 2.21. The number of amidine groups is 1. The minimum absolute atomic E-state index is 0.0749. The molecule has 1 amide bonds. The summed E-state index contributed by atoms with van der Waals surface area (Å²) in [7, 11) is 0. The summed E-state index contributed by atoms with van der Waals surface area (Å²) in [5, 5.41) is 8.38. The molecule has 0 fully saturated rings. The largest absolute Gasteiger partial charge is 0.511 e. The van der Waals surface area contributed by atoms with Crippen LogP contribution in [-0.4, -0.2) is 23.0 Å². The molecule has 3 N–H and O–H groups in total. The number of rotatable bonds is 1. The summed E-state index contributed by atoms with van der Waals surface area (Å²) in [6.07, 6.45) is -1.42. The van der Waals surface area contributed by atoms with E-state index in [0.717, 1.165) is 0 Å². The van der Waals surface area contributed by atoms with E-state index in [1.54, 1.807) is 0 Å². The first-order valence-corrected chi connectivity index (χ1v) is 4.01. The lowest BCUT2D eigenvalue weighted by molar-refractivity contribution is 0.101. The molecule has 0 radical (unpaired) electrons. The standard InChI is InChI=1S/C9H6N2O4/c10-7-6-3-4(15-9(13)14)1-2-5(6)8(12)11-7/h1-3H,(H,13,14)(H2,10,11,12). The molecule has 0 saturated carbocycles. The van der Waals surface area contributed by atoms with Crippen molar-refractivity contribution in [2.75, 3.05) is 0 Å². The highest BCUT2D eigenvalue weighted by molar-refractivity contribution is 6.20. The Bertz CT molecular complexity index is 493. The van der Waals surface area contributed by atoms with Gasteiger partial charge in [-0.25, -0.2) is 4.79 Å². The SMILES string of the molecule is NC1=NC(=O)c2ccc(OC(=O)O)cc21. The van der Waals surface area contributed by atoms with Crippen molar-refractivity contribution in [2.24, 2.45) is 10.7 Å². The van der Waals surface area contributed by atoms with Gasteiger partial charge >= 0.3 is 6.16 Å². The maximum absolute atomic E-state index is 11.2. The summed E-state index contributed by atoms with van der Waals surface area (Å²) < 4.78 is 4.42. The number of carboxylic acid groups (broad SMARTS) is 1. The van der Waals surface area contributed by atoms with E-state index in [0.29, 0.717) is 11.1 Å². The van der Waals surface area contributed by atoms with Crippen molar-refractivity contribution in [1.82, 2.24) is 0 Å². The van der Waals surface area contributed by atoms with E-state index in [1.807, 2.05) is 0 Å². The Morgan fingerprint density at radius 1 is 1.40 bits per heavy atom. The van der Waals surface area contributed by atoms with Crippen molar-refractivity contribution in [1.29, 1.82) is 0 Å². The van der Waals surface area contributed by atoms with Crippen LogP contribution in [0, 0.1) is 0 Å². The molecule has 6 heteroatoms. The number of ether oxygens (including phenoxy) is 1. The topological polar surface area (TPSA) is 102 Å². The number of carbonyl (C=O) groups is 2. The van der Waals surface area contributed by atoms with Gasteiger partial charge in [-0.3, -0.25) is 4.79 Å². The van der Waals surface area contributed by atoms with Gasteiger partial charge in [0.25, 0.3) is 5.91 Å². The van der Waals surface area contributed by atoms with Crippen molar-refractivity contribution >= 4 is 17.9 Å². The molecule has 76 valence electrons. The van der Waals surface area contributed by atoms with E-state index in [4.69, 9.17) is 10.8 Å². The lowest BCUT2D eigenvalue weighted by Gasteiger charge is -2.02. The predicted molar refractivity (Wildman–Crippen MR) is 50.1 cm³/mol. The zero-order valence-electron chi connectivity index (χ0n) is 7.43. The number of aliphatic imine (C=N–C) groups is 1. The summed E-state index contributed by atoms with van der Waals surface area (Å²) in [4.78, 5) is 25.0. The van der Waals surface area contributed by atoms with Crippen LogP contribution in [0.4, 0.5) is 4.79 Å². The van der Waals surface area contributed by atoms with Gasteiger partial charge in [0.2, 0.25) is 0 Å². The highest BCUT2D eigenvalue weighted by atomic mass is 16.7. The minimum Gasteiger partial charge on any atom is -0.449 e. The van der Waals surface area contributed by atoms with Crippen molar-refractivity contribution in [2.45, 2.75) is 0 Å². The molecular weight excluding hydrogens is 200 g/mol. The molecule has 1 aliphatic heterocycles. The van der Waals surface area contributed by atoms with Gasteiger partial charge < -0.3 is 15.6 Å². The molecule has 1 heterocycles. The molecule has 2 rings (SSSR count). The average molecular weight is 206 g/mol. The molecular formula is C9H6N2O4. The van der Waals surface area contributed by atoms with Crippen LogP contribution in [-0.2, 0) is 0 Å². The molecule has 6 nitrogen and oxygen atoms in total. The van der Waals surface area contributed by atoms with E-state index < -0.39 is 12.1 Å². The third-order valence-corrected chi connectivity index (χ3v) is 1.92. The van der Waals surface area contributed by atoms with Crippen LogP contribution < -0.4 is 10.5 Å². The number of fused-ring (bicyclic) bond motifs is 1. The third kappa shape index (κ3) is 1.52. The van der Waals surface area contributed by atoms with Crippen LogP contribution in [0.5, 0.6) is 5.75 Å². The average Bonchev–Trinajstić information content (AvgIpc) is 2.41. The second kappa shape index (κ2) is 3.09. The van der Waals surface area contributed by atoms with Crippen LogP contribution in [0.25, 0.3) is 0 Å². The Morgan fingerprint density at radius 2 is 2.13 bits per heavy atom. The van der Waals surface area contributed by atoms with Crippen molar-refractivity contribution in [3.63, 3.8) is 0 Å². The molecule has 0 aliphatic carbocycles. The summed E-state index contributed by atoms with van der Waals surface area (Å²) in [6, 6.07) is 4.17. The first-order valence-electron chi connectivity index (χ1n) is 4.01. The Balaban J connectivity index is 2.43. The monoisotopic (exact) mass is 206 g/mol. The lowest BCUT2D eigenvalue weighted by atomic mass is 10.1. The molecule has 1 aliphatic rings. The number of hydrogen-bond acceptors (Lipinski definition) is 4. The molecule has 0 unspecified atom stereocenters. The maximum atomic E-state index is 11.2. The Morgan fingerprint density at radius 3 is 2.80 bits per heavy atom. The Hall–Kier alpha value is -2.37. The van der Waals surface area contributed by atoms with Crippen LogP contribution in [0.2, 0.25) is 0 Å². The quantitative estimate of drug-likeness (QED) is 0.517. The van der Waals surface area contributed by atoms with Crippen LogP contribution >= 0.6 is 0 Å². The molecule has 0 bridgehead atoms. The number of nitrogens with two attached hydrogens (primary N) is 1. The fourth-order valence-corrected chi connectivity index (χ4v) is 1.32. The van der Waals surface area contributed by atoms with Gasteiger partial charge in [0.15, 0.2) is 0 Å². The van der Waals surface area contributed by atoms with Gasteiger partial charge in [0.05, 0.1) is 5.56 Å². The maximum Gasteiger partial charge on any atom is 0.511 e.